The van der Waals surface area contributed by atoms with Gasteiger partial charge in [-0.3, -0.25) is 0 Å². The van der Waals surface area contributed by atoms with E-state index in [0.29, 0.717) is 16.7 Å². The molecule has 0 fully saturated rings. The maximum absolute atomic E-state index is 12.0. The standard InChI is InChI=1S/C14H19BrN2O3/c1-14(2,3)8-17(4)13(20)16-11-6-9(12(18)19)5-10(15)7-11/h5-7H,8H2,1-4H3,(H,16,20)(H,18,19). The summed E-state index contributed by atoms with van der Waals surface area (Å²) in [6, 6.07) is 4.30. The molecule has 0 spiro atoms. The lowest BCUT2D eigenvalue weighted by Gasteiger charge is -2.26. The molecule has 0 radical (unpaired) electrons. The molecule has 0 heterocycles. The largest absolute Gasteiger partial charge is 0.478 e. The highest BCUT2D eigenvalue weighted by Crippen LogP contribution is 2.21. The van der Waals surface area contributed by atoms with Crippen LogP contribution in [0.1, 0.15) is 31.1 Å². The zero-order valence-electron chi connectivity index (χ0n) is 12.0. The number of hydrogen-bond acceptors (Lipinski definition) is 2. The number of anilines is 1. The second kappa shape index (κ2) is 6.26. The van der Waals surface area contributed by atoms with Crippen molar-refractivity contribution in [1.29, 1.82) is 0 Å². The molecule has 0 unspecified atom stereocenters. The fourth-order valence-electron chi connectivity index (χ4n) is 1.79. The van der Waals surface area contributed by atoms with Crippen LogP contribution in [-0.2, 0) is 0 Å². The third kappa shape index (κ3) is 5.21. The van der Waals surface area contributed by atoms with Gasteiger partial charge in [-0.2, -0.15) is 0 Å². The second-order valence-electron chi connectivity index (χ2n) is 5.88. The molecule has 0 saturated carbocycles. The number of urea groups is 1. The summed E-state index contributed by atoms with van der Waals surface area (Å²) in [4.78, 5) is 24.6. The molecule has 0 atom stereocenters. The Kier molecular flexibility index (Phi) is 5.16. The van der Waals surface area contributed by atoms with E-state index < -0.39 is 5.97 Å². The Morgan fingerprint density at radius 2 is 1.90 bits per heavy atom. The van der Waals surface area contributed by atoms with E-state index in [4.69, 9.17) is 5.11 Å². The SMILES string of the molecule is CN(CC(C)(C)C)C(=O)Nc1cc(Br)cc(C(=O)O)c1. The molecule has 0 bridgehead atoms. The number of rotatable bonds is 3. The van der Waals surface area contributed by atoms with Crippen LogP contribution in [0.2, 0.25) is 0 Å². The lowest BCUT2D eigenvalue weighted by Crippen LogP contribution is -2.37. The van der Waals surface area contributed by atoms with Crippen LogP contribution in [-0.4, -0.2) is 35.6 Å². The minimum Gasteiger partial charge on any atom is -0.478 e. The van der Waals surface area contributed by atoms with Gasteiger partial charge >= 0.3 is 12.0 Å². The topological polar surface area (TPSA) is 69.6 Å². The number of hydrogen-bond donors (Lipinski definition) is 2. The number of carbonyl (C=O) groups excluding carboxylic acids is 1. The van der Waals surface area contributed by atoms with Crippen molar-refractivity contribution in [1.82, 2.24) is 4.90 Å². The minimum atomic E-state index is -1.04. The number of nitrogens with one attached hydrogen (secondary N) is 1. The second-order valence-corrected chi connectivity index (χ2v) is 6.80. The highest BCUT2D eigenvalue weighted by atomic mass is 79.9. The molecule has 2 N–H and O–H groups in total. The van der Waals surface area contributed by atoms with Crippen LogP contribution in [0.4, 0.5) is 10.5 Å². The van der Waals surface area contributed by atoms with Gasteiger partial charge in [0, 0.05) is 23.8 Å². The Balaban J connectivity index is 2.83. The summed E-state index contributed by atoms with van der Waals surface area (Å²) in [7, 11) is 1.71. The van der Waals surface area contributed by atoms with Crippen molar-refractivity contribution in [3.8, 4) is 0 Å². The molecule has 20 heavy (non-hydrogen) atoms. The number of halogens is 1. The van der Waals surface area contributed by atoms with E-state index in [1.54, 1.807) is 18.0 Å². The Bertz CT molecular complexity index is 524. The van der Waals surface area contributed by atoms with E-state index >= 15 is 0 Å². The maximum atomic E-state index is 12.0. The summed E-state index contributed by atoms with van der Waals surface area (Å²) in [6.07, 6.45) is 0. The summed E-state index contributed by atoms with van der Waals surface area (Å²) >= 11 is 3.23. The Morgan fingerprint density at radius 3 is 2.40 bits per heavy atom. The van der Waals surface area contributed by atoms with E-state index in [-0.39, 0.29) is 17.0 Å². The molecule has 0 saturated heterocycles. The molecule has 1 aromatic rings. The fraction of sp³-hybridized carbons (Fsp3) is 0.429. The number of carboxylic acid groups (broad SMARTS) is 1. The molecule has 1 aromatic carbocycles. The average molecular weight is 343 g/mol. The van der Waals surface area contributed by atoms with Gasteiger partial charge in [0.15, 0.2) is 0 Å². The normalized spacial score (nSPS) is 11.1. The summed E-state index contributed by atoms with van der Waals surface area (Å²) in [6.45, 7) is 6.72. The van der Waals surface area contributed by atoms with Gasteiger partial charge in [-0.25, -0.2) is 9.59 Å². The molecule has 0 aliphatic carbocycles. The van der Waals surface area contributed by atoms with Crippen LogP contribution in [0.15, 0.2) is 22.7 Å². The third-order valence-electron chi connectivity index (χ3n) is 2.45. The summed E-state index contributed by atoms with van der Waals surface area (Å²) in [5, 5.41) is 11.7. The van der Waals surface area contributed by atoms with Crippen molar-refractivity contribution in [3.63, 3.8) is 0 Å². The van der Waals surface area contributed by atoms with Crippen LogP contribution < -0.4 is 5.32 Å². The quantitative estimate of drug-likeness (QED) is 0.880. The van der Waals surface area contributed by atoms with Crippen LogP contribution in [0.5, 0.6) is 0 Å². The van der Waals surface area contributed by atoms with Gasteiger partial charge in [0.2, 0.25) is 0 Å². The first kappa shape index (κ1) is 16.5. The molecular weight excluding hydrogens is 324 g/mol. The lowest BCUT2D eigenvalue weighted by molar-refractivity contribution is 0.0697. The van der Waals surface area contributed by atoms with Crippen LogP contribution >= 0.6 is 15.9 Å². The van der Waals surface area contributed by atoms with Crippen molar-refractivity contribution in [3.05, 3.63) is 28.2 Å². The molecule has 0 aliphatic heterocycles. The van der Waals surface area contributed by atoms with Gasteiger partial charge in [-0.1, -0.05) is 36.7 Å². The Hall–Kier alpha value is -1.56. The smallest absolute Gasteiger partial charge is 0.335 e. The van der Waals surface area contributed by atoms with Crippen LogP contribution in [0.3, 0.4) is 0 Å². The van der Waals surface area contributed by atoms with Gasteiger partial charge in [0.25, 0.3) is 0 Å². The van der Waals surface area contributed by atoms with Crippen molar-refractivity contribution in [2.45, 2.75) is 20.8 Å². The average Bonchev–Trinajstić information content (AvgIpc) is 2.25. The van der Waals surface area contributed by atoms with Crippen LogP contribution in [0.25, 0.3) is 0 Å². The third-order valence-corrected chi connectivity index (χ3v) is 2.91. The van der Waals surface area contributed by atoms with E-state index in [1.807, 2.05) is 20.8 Å². The molecule has 0 aliphatic rings. The van der Waals surface area contributed by atoms with Gasteiger partial charge in [-0.15, -0.1) is 0 Å². The van der Waals surface area contributed by atoms with Crippen molar-refractivity contribution < 1.29 is 14.7 Å². The summed E-state index contributed by atoms with van der Waals surface area (Å²) in [5.74, 6) is -1.04. The number of carboxylic acids is 1. The molecule has 2 amide bonds. The van der Waals surface area contributed by atoms with E-state index in [2.05, 4.69) is 21.2 Å². The maximum Gasteiger partial charge on any atom is 0.335 e. The monoisotopic (exact) mass is 342 g/mol. The lowest BCUT2D eigenvalue weighted by atomic mass is 9.96. The van der Waals surface area contributed by atoms with Gasteiger partial charge < -0.3 is 15.3 Å². The first-order valence-corrected chi connectivity index (χ1v) is 6.94. The first-order chi connectivity index (χ1) is 9.08. The van der Waals surface area contributed by atoms with Crippen LogP contribution in [0, 0.1) is 5.41 Å². The molecule has 0 aromatic heterocycles. The number of aromatic carboxylic acids is 1. The van der Waals surface area contributed by atoms with Gasteiger partial charge in [0.1, 0.15) is 0 Å². The zero-order chi connectivity index (χ0) is 15.5. The molecule has 5 nitrogen and oxygen atoms in total. The van der Waals surface area contributed by atoms with Crippen molar-refractivity contribution in [2.24, 2.45) is 5.41 Å². The van der Waals surface area contributed by atoms with Crippen molar-refractivity contribution in [2.75, 3.05) is 18.9 Å². The number of benzene rings is 1. The zero-order valence-corrected chi connectivity index (χ0v) is 13.6. The van der Waals surface area contributed by atoms with Crippen molar-refractivity contribution >= 4 is 33.6 Å². The predicted molar refractivity (Wildman–Crippen MR) is 82.2 cm³/mol. The molecular formula is C14H19BrN2O3. The minimum absolute atomic E-state index is 0.00438. The predicted octanol–water partition coefficient (Wildman–Crippen LogP) is 3.66. The first-order valence-electron chi connectivity index (χ1n) is 6.14. The van der Waals surface area contributed by atoms with E-state index in [9.17, 15) is 9.59 Å². The van der Waals surface area contributed by atoms with Gasteiger partial charge in [0.05, 0.1) is 5.56 Å². The van der Waals surface area contributed by atoms with E-state index in [0.717, 1.165) is 0 Å². The number of carbonyl (C=O) groups is 2. The molecule has 6 heteroatoms. The molecule has 110 valence electrons. The van der Waals surface area contributed by atoms with Gasteiger partial charge in [-0.05, 0) is 23.6 Å². The Labute approximate surface area is 127 Å². The summed E-state index contributed by atoms with van der Waals surface area (Å²) in [5.41, 5.74) is 0.561. The highest BCUT2D eigenvalue weighted by molar-refractivity contribution is 9.10. The highest BCUT2D eigenvalue weighted by Gasteiger charge is 2.18. The Morgan fingerprint density at radius 1 is 1.30 bits per heavy atom. The van der Waals surface area contributed by atoms with E-state index in [1.165, 1.54) is 12.1 Å². The molecule has 1 rings (SSSR count). The number of amides is 2. The fourth-order valence-corrected chi connectivity index (χ4v) is 2.28. The summed E-state index contributed by atoms with van der Waals surface area (Å²) < 4.78 is 0.603. The number of nitrogens with zero attached hydrogens (tertiary/aromatic N) is 1.